The Kier molecular flexibility index (Phi) is 5.11. The summed E-state index contributed by atoms with van der Waals surface area (Å²) >= 11 is 0. The van der Waals surface area contributed by atoms with Crippen molar-refractivity contribution in [1.82, 2.24) is 10.3 Å². The van der Waals surface area contributed by atoms with Crippen molar-refractivity contribution in [3.63, 3.8) is 0 Å². The lowest BCUT2D eigenvalue weighted by molar-refractivity contribution is -0.121. The molecule has 0 saturated carbocycles. The number of primary amides is 1. The van der Waals surface area contributed by atoms with Crippen LogP contribution in [0.3, 0.4) is 0 Å². The fourth-order valence-electron chi connectivity index (χ4n) is 1.46. The van der Waals surface area contributed by atoms with Crippen molar-refractivity contribution in [1.29, 1.82) is 0 Å². The first-order valence-corrected chi connectivity index (χ1v) is 6.05. The van der Waals surface area contributed by atoms with Crippen molar-refractivity contribution in [3.8, 4) is 0 Å². The number of carbonyl (C=O) groups is 2. The molecule has 0 radical (unpaired) electrons. The fraction of sp³-hybridized carbons (Fsp3) is 0.417. The van der Waals surface area contributed by atoms with Crippen LogP contribution in [0.5, 0.6) is 0 Å². The van der Waals surface area contributed by atoms with Crippen LogP contribution in [0.25, 0.3) is 0 Å². The van der Waals surface area contributed by atoms with Gasteiger partial charge in [0, 0.05) is 6.54 Å². The Morgan fingerprint density at radius 3 is 2.74 bits per heavy atom. The molecule has 0 aliphatic carbocycles. The molecule has 0 aromatic carbocycles. The van der Waals surface area contributed by atoms with Gasteiger partial charge in [0.15, 0.2) is 0 Å². The van der Waals surface area contributed by atoms with Gasteiger partial charge in [-0.25, -0.2) is 4.98 Å². The van der Waals surface area contributed by atoms with Gasteiger partial charge in [0.2, 0.25) is 5.91 Å². The number of nitrogens with two attached hydrogens (primary N) is 2. The largest absolute Gasteiger partial charge is 0.397 e. The van der Waals surface area contributed by atoms with E-state index >= 15 is 0 Å². The maximum absolute atomic E-state index is 11.7. The van der Waals surface area contributed by atoms with Crippen LogP contribution in [0.1, 0.15) is 30.6 Å². The molecule has 2 amide bonds. The van der Waals surface area contributed by atoms with E-state index in [9.17, 15) is 9.59 Å². The Morgan fingerprint density at radius 1 is 1.47 bits per heavy atom. The normalized spacial score (nSPS) is 11.7. The van der Waals surface area contributed by atoms with E-state index < -0.39 is 11.9 Å². The molecule has 104 valence electrons. The molecular formula is C12H19N5O2. The van der Waals surface area contributed by atoms with Gasteiger partial charge in [0.05, 0.1) is 17.4 Å². The number of nitrogens with zero attached hydrogens (tertiary/aromatic N) is 1. The number of hydrogen-bond acceptors (Lipinski definition) is 5. The number of pyridine rings is 1. The Hall–Kier alpha value is -2.31. The second-order valence-corrected chi connectivity index (χ2v) is 4.19. The molecule has 1 rings (SSSR count). The number of nitrogens with one attached hydrogen (secondary N) is 2. The van der Waals surface area contributed by atoms with E-state index in [2.05, 4.69) is 15.6 Å². The number of amides is 2. The van der Waals surface area contributed by atoms with E-state index in [1.807, 2.05) is 6.92 Å². The van der Waals surface area contributed by atoms with E-state index in [4.69, 9.17) is 11.5 Å². The van der Waals surface area contributed by atoms with Crippen molar-refractivity contribution < 1.29 is 9.59 Å². The highest BCUT2D eigenvalue weighted by Gasteiger charge is 2.16. The first kappa shape index (κ1) is 14.7. The number of anilines is 2. The van der Waals surface area contributed by atoms with E-state index in [1.165, 1.54) is 12.3 Å². The van der Waals surface area contributed by atoms with Crippen LogP contribution in [-0.2, 0) is 4.79 Å². The molecule has 7 nitrogen and oxygen atoms in total. The maximum atomic E-state index is 11.7. The lowest BCUT2D eigenvalue weighted by Gasteiger charge is -2.16. The minimum atomic E-state index is -0.650. The molecular weight excluding hydrogens is 246 g/mol. The van der Waals surface area contributed by atoms with Crippen molar-refractivity contribution >= 4 is 23.3 Å². The molecule has 1 aromatic heterocycles. The summed E-state index contributed by atoms with van der Waals surface area (Å²) in [6.45, 7) is 4.24. The van der Waals surface area contributed by atoms with Gasteiger partial charge in [0.1, 0.15) is 11.9 Å². The second kappa shape index (κ2) is 6.58. The second-order valence-electron chi connectivity index (χ2n) is 4.19. The first-order chi connectivity index (χ1) is 8.95. The molecule has 0 aliphatic rings. The van der Waals surface area contributed by atoms with Crippen LogP contribution < -0.4 is 22.1 Å². The Morgan fingerprint density at radius 2 is 2.16 bits per heavy atom. The lowest BCUT2D eigenvalue weighted by atomic mass is 10.2. The Labute approximate surface area is 111 Å². The number of carbonyl (C=O) groups excluding carboxylic acids is 2. The zero-order valence-electron chi connectivity index (χ0n) is 11.1. The number of aromatic nitrogens is 1. The van der Waals surface area contributed by atoms with Gasteiger partial charge in [-0.3, -0.25) is 9.59 Å². The third kappa shape index (κ3) is 4.13. The van der Waals surface area contributed by atoms with Crippen LogP contribution in [0, 0.1) is 0 Å². The fourth-order valence-corrected chi connectivity index (χ4v) is 1.46. The predicted molar refractivity (Wildman–Crippen MR) is 73.6 cm³/mol. The average Bonchev–Trinajstić information content (AvgIpc) is 2.37. The molecule has 19 heavy (non-hydrogen) atoms. The quantitative estimate of drug-likeness (QED) is 0.580. The summed E-state index contributed by atoms with van der Waals surface area (Å²) in [5.74, 6) is -0.569. The topological polar surface area (TPSA) is 123 Å². The summed E-state index contributed by atoms with van der Waals surface area (Å²) < 4.78 is 0. The molecule has 0 fully saturated rings. The maximum Gasteiger partial charge on any atom is 0.252 e. The standard InChI is InChI=1S/C12H19N5O2/c1-3-4-15-12(19)7(2)17-11-9(10(14)18)5-8(13)6-16-11/h5-7H,3-4,13H2,1-2H3,(H2,14,18)(H,15,19)(H,16,17). The highest BCUT2D eigenvalue weighted by atomic mass is 16.2. The van der Waals surface area contributed by atoms with Gasteiger partial charge in [0.25, 0.3) is 5.91 Å². The summed E-state index contributed by atoms with van der Waals surface area (Å²) in [7, 11) is 0. The Bertz CT molecular complexity index is 475. The molecule has 1 heterocycles. The summed E-state index contributed by atoms with van der Waals surface area (Å²) in [6.07, 6.45) is 2.25. The van der Waals surface area contributed by atoms with E-state index in [0.717, 1.165) is 6.42 Å². The average molecular weight is 265 g/mol. The smallest absolute Gasteiger partial charge is 0.252 e. The predicted octanol–water partition coefficient (Wildman–Crippen LogP) is 0.0893. The monoisotopic (exact) mass is 265 g/mol. The summed E-state index contributed by atoms with van der Waals surface area (Å²) in [6, 6.07) is 0.898. The number of hydrogen-bond donors (Lipinski definition) is 4. The SMILES string of the molecule is CCCNC(=O)C(C)Nc1ncc(N)cc1C(N)=O. The number of rotatable bonds is 6. The summed E-state index contributed by atoms with van der Waals surface area (Å²) in [4.78, 5) is 27.0. The minimum absolute atomic E-state index is 0.162. The van der Waals surface area contributed by atoms with Crippen LogP contribution in [0.15, 0.2) is 12.3 Å². The van der Waals surface area contributed by atoms with Gasteiger partial charge in [-0.15, -0.1) is 0 Å². The van der Waals surface area contributed by atoms with Gasteiger partial charge in [-0.2, -0.15) is 0 Å². The van der Waals surface area contributed by atoms with Gasteiger partial charge in [-0.1, -0.05) is 6.92 Å². The number of nitrogen functional groups attached to an aromatic ring is 1. The zero-order valence-corrected chi connectivity index (χ0v) is 11.1. The molecule has 0 aliphatic heterocycles. The van der Waals surface area contributed by atoms with E-state index in [0.29, 0.717) is 12.2 Å². The lowest BCUT2D eigenvalue weighted by Crippen LogP contribution is -2.38. The van der Waals surface area contributed by atoms with Gasteiger partial charge < -0.3 is 22.1 Å². The van der Waals surface area contributed by atoms with Gasteiger partial charge in [-0.05, 0) is 19.4 Å². The molecule has 6 N–H and O–H groups in total. The van der Waals surface area contributed by atoms with Crippen molar-refractivity contribution in [2.75, 3.05) is 17.6 Å². The molecule has 0 saturated heterocycles. The molecule has 0 spiro atoms. The first-order valence-electron chi connectivity index (χ1n) is 6.05. The highest BCUT2D eigenvalue weighted by molar-refractivity contribution is 5.99. The van der Waals surface area contributed by atoms with Crippen molar-refractivity contribution in [2.24, 2.45) is 5.73 Å². The van der Waals surface area contributed by atoms with Gasteiger partial charge >= 0.3 is 0 Å². The zero-order chi connectivity index (χ0) is 14.4. The third-order valence-corrected chi connectivity index (χ3v) is 2.47. The van der Waals surface area contributed by atoms with Crippen molar-refractivity contribution in [2.45, 2.75) is 26.3 Å². The van der Waals surface area contributed by atoms with Crippen LogP contribution >= 0.6 is 0 Å². The molecule has 1 aromatic rings. The molecule has 0 bridgehead atoms. The highest BCUT2D eigenvalue weighted by Crippen LogP contribution is 2.15. The molecule has 1 unspecified atom stereocenters. The van der Waals surface area contributed by atoms with Crippen LogP contribution in [-0.4, -0.2) is 29.4 Å². The van der Waals surface area contributed by atoms with Crippen LogP contribution in [0.4, 0.5) is 11.5 Å². The molecule has 1 atom stereocenters. The van der Waals surface area contributed by atoms with Crippen molar-refractivity contribution in [3.05, 3.63) is 17.8 Å². The van der Waals surface area contributed by atoms with Crippen LogP contribution in [0.2, 0.25) is 0 Å². The summed E-state index contributed by atoms with van der Waals surface area (Å²) in [5.41, 5.74) is 11.3. The summed E-state index contributed by atoms with van der Waals surface area (Å²) in [5, 5.41) is 5.59. The van der Waals surface area contributed by atoms with E-state index in [1.54, 1.807) is 6.92 Å². The molecule has 7 heteroatoms. The minimum Gasteiger partial charge on any atom is -0.397 e. The third-order valence-electron chi connectivity index (χ3n) is 2.47. The van der Waals surface area contributed by atoms with E-state index in [-0.39, 0.29) is 17.3 Å². The Balaban J connectivity index is 2.81.